The fraction of sp³-hybridized carbons (Fsp3) is 0.444. The van der Waals surface area contributed by atoms with Crippen molar-refractivity contribution >= 4 is 29.4 Å². The first-order chi connectivity index (χ1) is 11.6. The summed E-state index contributed by atoms with van der Waals surface area (Å²) in [6.07, 6.45) is 4.87. The molecule has 1 saturated heterocycles. The van der Waals surface area contributed by atoms with Gasteiger partial charge in [-0.25, -0.2) is 4.98 Å². The SMILES string of the molecule is Cc1ccc(C)c(-n2ccnc2SCC(=O)N2CCCSCC2)c1. The number of hydrogen-bond donors (Lipinski definition) is 0. The topological polar surface area (TPSA) is 38.1 Å². The molecule has 1 aliphatic rings. The van der Waals surface area contributed by atoms with E-state index in [2.05, 4.69) is 41.6 Å². The third-order valence-electron chi connectivity index (χ3n) is 4.13. The minimum absolute atomic E-state index is 0.220. The van der Waals surface area contributed by atoms with Crippen LogP contribution in [0.5, 0.6) is 0 Å². The number of benzene rings is 1. The van der Waals surface area contributed by atoms with Gasteiger partial charge < -0.3 is 4.90 Å². The summed E-state index contributed by atoms with van der Waals surface area (Å²) in [5, 5.41) is 0.876. The van der Waals surface area contributed by atoms with E-state index in [1.54, 1.807) is 6.20 Å². The van der Waals surface area contributed by atoms with E-state index in [1.807, 2.05) is 22.9 Å². The molecule has 2 heterocycles. The Morgan fingerprint density at radius 3 is 3.04 bits per heavy atom. The van der Waals surface area contributed by atoms with Crippen molar-refractivity contribution in [3.63, 3.8) is 0 Å². The predicted octanol–water partition coefficient (Wildman–Crippen LogP) is 3.55. The van der Waals surface area contributed by atoms with Crippen LogP contribution in [0, 0.1) is 13.8 Å². The maximum Gasteiger partial charge on any atom is 0.233 e. The van der Waals surface area contributed by atoms with Gasteiger partial charge in [0.25, 0.3) is 0 Å². The number of hydrogen-bond acceptors (Lipinski definition) is 4. The first kappa shape index (κ1) is 17.4. The lowest BCUT2D eigenvalue weighted by Gasteiger charge is -2.19. The highest BCUT2D eigenvalue weighted by Gasteiger charge is 2.17. The van der Waals surface area contributed by atoms with Gasteiger partial charge in [-0.05, 0) is 43.2 Å². The number of thioether (sulfide) groups is 2. The highest BCUT2D eigenvalue weighted by Crippen LogP contribution is 2.24. The number of amides is 1. The van der Waals surface area contributed by atoms with Gasteiger partial charge in [0.1, 0.15) is 0 Å². The van der Waals surface area contributed by atoms with Crippen molar-refractivity contribution in [1.29, 1.82) is 0 Å². The summed E-state index contributed by atoms with van der Waals surface area (Å²) >= 11 is 3.46. The summed E-state index contributed by atoms with van der Waals surface area (Å²) in [4.78, 5) is 18.9. The number of rotatable bonds is 4. The van der Waals surface area contributed by atoms with Crippen LogP contribution in [0.25, 0.3) is 5.69 Å². The standard InChI is InChI=1S/C18H23N3OS2/c1-14-4-5-15(2)16(12-14)21-8-6-19-18(21)24-13-17(22)20-7-3-10-23-11-9-20/h4-6,8,12H,3,7,9-11,13H2,1-2H3. The van der Waals surface area contributed by atoms with Crippen molar-refractivity contribution in [3.05, 3.63) is 41.7 Å². The molecule has 1 aromatic carbocycles. The van der Waals surface area contributed by atoms with Crippen molar-refractivity contribution in [3.8, 4) is 5.69 Å². The number of imidazole rings is 1. The van der Waals surface area contributed by atoms with E-state index in [1.165, 1.54) is 22.9 Å². The Balaban J connectivity index is 1.69. The van der Waals surface area contributed by atoms with Gasteiger partial charge >= 0.3 is 0 Å². The molecule has 1 amide bonds. The molecule has 4 nitrogen and oxygen atoms in total. The van der Waals surface area contributed by atoms with Crippen LogP contribution in [0.4, 0.5) is 0 Å². The number of carbonyl (C=O) groups excluding carboxylic acids is 1. The van der Waals surface area contributed by atoms with Crippen molar-refractivity contribution in [2.45, 2.75) is 25.4 Å². The van der Waals surface area contributed by atoms with E-state index >= 15 is 0 Å². The molecular weight excluding hydrogens is 338 g/mol. The average Bonchev–Trinajstić information content (AvgIpc) is 2.86. The number of aromatic nitrogens is 2. The highest BCUT2D eigenvalue weighted by molar-refractivity contribution is 7.99. The third kappa shape index (κ3) is 4.16. The Kier molecular flexibility index (Phi) is 5.89. The molecule has 0 bridgehead atoms. The molecule has 0 saturated carbocycles. The lowest BCUT2D eigenvalue weighted by atomic mass is 10.1. The monoisotopic (exact) mass is 361 g/mol. The van der Waals surface area contributed by atoms with E-state index in [4.69, 9.17) is 0 Å². The fourth-order valence-corrected chi connectivity index (χ4v) is 4.53. The van der Waals surface area contributed by atoms with Gasteiger partial charge in [-0.1, -0.05) is 23.9 Å². The molecule has 1 fully saturated rings. The van der Waals surface area contributed by atoms with Gasteiger partial charge in [0.05, 0.1) is 11.4 Å². The van der Waals surface area contributed by atoms with Gasteiger partial charge in [0.15, 0.2) is 5.16 Å². The van der Waals surface area contributed by atoms with Crippen LogP contribution in [0.2, 0.25) is 0 Å². The molecule has 6 heteroatoms. The van der Waals surface area contributed by atoms with Crippen LogP contribution in [0.15, 0.2) is 35.7 Å². The van der Waals surface area contributed by atoms with Gasteiger partial charge in [0, 0.05) is 31.2 Å². The van der Waals surface area contributed by atoms with Crippen LogP contribution in [0.1, 0.15) is 17.5 Å². The maximum absolute atomic E-state index is 12.5. The summed E-state index contributed by atoms with van der Waals surface area (Å²) in [5.74, 6) is 2.88. The third-order valence-corrected chi connectivity index (χ3v) is 6.13. The summed E-state index contributed by atoms with van der Waals surface area (Å²) in [7, 11) is 0. The molecular formula is C18H23N3OS2. The number of nitrogens with zero attached hydrogens (tertiary/aromatic N) is 3. The second kappa shape index (κ2) is 8.12. The summed E-state index contributed by atoms with van der Waals surface area (Å²) < 4.78 is 2.08. The molecule has 0 N–H and O–H groups in total. The Hall–Kier alpha value is -1.40. The fourth-order valence-electron chi connectivity index (χ4n) is 2.77. The Labute approximate surface area is 152 Å². The molecule has 2 aromatic rings. The van der Waals surface area contributed by atoms with E-state index in [-0.39, 0.29) is 5.91 Å². The summed E-state index contributed by atoms with van der Waals surface area (Å²) in [6.45, 7) is 5.95. The minimum Gasteiger partial charge on any atom is -0.341 e. The Morgan fingerprint density at radius 2 is 2.17 bits per heavy atom. The predicted molar refractivity (Wildman–Crippen MR) is 102 cm³/mol. The molecule has 0 radical (unpaired) electrons. The summed E-state index contributed by atoms with van der Waals surface area (Å²) in [5.41, 5.74) is 3.56. The largest absolute Gasteiger partial charge is 0.341 e. The molecule has 0 spiro atoms. The lowest BCUT2D eigenvalue weighted by Crippen LogP contribution is -2.34. The molecule has 0 unspecified atom stereocenters. The van der Waals surface area contributed by atoms with Gasteiger partial charge in [-0.2, -0.15) is 11.8 Å². The van der Waals surface area contributed by atoms with Gasteiger partial charge in [0.2, 0.25) is 5.91 Å². The lowest BCUT2D eigenvalue weighted by molar-refractivity contribution is -0.128. The summed E-state index contributed by atoms with van der Waals surface area (Å²) in [6, 6.07) is 6.40. The Bertz CT molecular complexity index is 706. The number of aryl methyl sites for hydroxylation is 2. The molecule has 24 heavy (non-hydrogen) atoms. The first-order valence-electron chi connectivity index (χ1n) is 8.24. The van der Waals surface area contributed by atoms with Crippen molar-refractivity contribution in [2.24, 2.45) is 0 Å². The van der Waals surface area contributed by atoms with Crippen LogP contribution >= 0.6 is 23.5 Å². The van der Waals surface area contributed by atoms with E-state index in [0.717, 1.165) is 41.9 Å². The maximum atomic E-state index is 12.5. The zero-order valence-corrected chi connectivity index (χ0v) is 15.8. The van der Waals surface area contributed by atoms with E-state index in [0.29, 0.717) is 5.75 Å². The van der Waals surface area contributed by atoms with Gasteiger partial charge in [-0.3, -0.25) is 9.36 Å². The highest BCUT2D eigenvalue weighted by atomic mass is 32.2. The Morgan fingerprint density at radius 1 is 1.29 bits per heavy atom. The molecule has 1 aromatic heterocycles. The van der Waals surface area contributed by atoms with E-state index in [9.17, 15) is 4.79 Å². The molecule has 1 aliphatic heterocycles. The zero-order chi connectivity index (χ0) is 16.9. The minimum atomic E-state index is 0.220. The molecule has 128 valence electrons. The number of carbonyl (C=O) groups is 1. The second-order valence-corrected chi connectivity index (χ2v) is 8.17. The van der Waals surface area contributed by atoms with Crippen LogP contribution in [-0.2, 0) is 4.79 Å². The zero-order valence-electron chi connectivity index (χ0n) is 14.2. The van der Waals surface area contributed by atoms with Crippen LogP contribution < -0.4 is 0 Å². The molecule has 3 rings (SSSR count). The second-order valence-electron chi connectivity index (χ2n) is 6.01. The first-order valence-corrected chi connectivity index (χ1v) is 10.4. The van der Waals surface area contributed by atoms with Crippen molar-refractivity contribution in [2.75, 3.05) is 30.3 Å². The molecule has 0 aliphatic carbocycles. The average molecular weight is 362 g/mol. The van der Waals surface area contributed by atoms with E-state index < -0.39 is 0 Å². The van der Waals surface area contributed by atoms with Crippen LogP contribution in [-0.4, -0.2) is 50.7 Å². The normalized spacial score (nSPS) is 15.3. The van der Waals surface area contributed by atoms with Crippen LogP contribution in [0.3, 0.4) is 0 Å². The van der Waals surface area contributed by atoms with Gasteiger partial charge in [-0.15, -0.1) is 0 Å². The smallest absolute Gasteiger partial charge is 0.233 e. The quantitative estimate of drug-likeness (QED) is 0.781. The van der Waals surface area contributed by atoms with Crippen molar-refractivity contribution in [1.82, 2.24) is 14.5 Å². The molecule has 0 atom stereocenters. The van der Waals surface area contributed by atoms with Crippen molar-refractivity contribution < 1.29 is 4.79 Å².